The largest absolute Gasteiger partial charge is 0.420 e. The van der Waals surface area contributed by atoms with E-state index in [9.17, 15) is 14.9 Å². The molecule has 21 heavy (non-hydrogen) atoms. The molecule has 2 heterocycles. The Labute approximate surface area is 116 Å². The molecule has 9 nitrogen and oxygen atoms in total. The fourth-order valence-corrected chi connectivity index (χ4v) is 1.95. The van der Waals surface area contributed by atoms with Gasteiger partial charge in [0, 0.05) is 18.6 Å². The van der Waals surface area contributed by atoms with E-state index in [1.165, 1.54) is 22.8 Å². The molecule has 0 amide bonds. The van der Waals surface area contributed by atoms with Crippen LogP contribution in [0.25, 0.3) is 11.1 Å². The second-order valence-corrected chi connectivity index (χ2v) is 4.32. The third kappa shape index (κ3) is 2.29. The highest BCUT2D eigenvalue weighted by atomic mass is 16.6. The fourth-order valence-electron chi connectivity index (χ4n) is 1.95. The molecule has 0 atom stereocenters. The van der Waals surface area contributed by atoms with Gasteiger partial charge in [0.25, 0.3) is 5.69 Å². The van der Waals surface area contributed by atoms with Gasteiger partial charge in [0.1, 0.15) is 0 Å². The van der Waals surface area contributed by atoms with E-state index >= 15 is 0 Å². The zero-order chi connectivity index (χ0) is 15.0. The summed E-state index contributed by atoms with van der Waals surface area (Å²) in [7, 11) is 0. The van der Waals surface area contributed by atoms with Gasteiger partial charge >= 0.3 is 5.76 Å². The minimum Gasteiger partial charge on any atom is -0.408 e. The number of hydrogen-bond acceptors (Lipinski definition) is 7. The van der Waals surface area contributed by atoms with Gasteiger partial charge in [-0.15, -0.1) is 0 Å². The van der Waals surface area contributed by atoms with Crippen LogP contribution in [0.15, 0.2) is 31.9 Å². The van der Waals surface area contributed by atoms with Crippen molar-refractivity contribution in [1.29, 1.82) is 0 Å². The number of fused-ring (bicyclic) bond motifs is 1. The van der Waals surface area contributed by atoms with Gasteiger partial charge in [-0.05, 0) is 6.07 Å². The standard InChI is InChI=1S/C12H10N4O5/c1-2-11-13-10(14-21-11)6-15-8-5-7(16(18)19)3-4-9(8)20-12(15)17/h3-5H,2,6H2,1H3. The quantitative estimate of drug-likeness (QED) is 0.527. The second kappa shape index (κ2) is 4.85. The Kier molecular flexibility index (Phi) is 3.01. The van der Waals surface area contributed by atoms with Crippen molar-refractivity contribution in [2.75, 3.05) is 0 Å². The van der Waals surface area contributed by atoms with Crippen LogP contribution in [-0.2, 0) is 13.0 Å². The summed E-state index contributed by atoms with van der Waals surface area (Å²) in [5.74, 6) is 0.133. The molecule has 3 aromatic rings. The molecule has 0 fully saturated rings. The second-order valence-electron chi connectivity index (χ2n) is 4.32. The lowest BCUT2D eigenvalue weighted by molar-refractivity contribution is -0.384. The van der Waals surface area contributed by atoms with E-state index in [0.29, 0.717) is 23.7 Å². The van der Waals surface area contributed by atoms with Gasteiger partial charge in [0.15, 0.2) is 11.4 Å². The van der Waals surface area contributed by atoms with Crippen molar-refractivity contribution in [2.45, 2.75) is 19.9 Å². The van der Waals surface area contributed by atoms with Gasteiger partial charge in [-0.25, -0.2) is 4.79 Å². The number of nitro groups is 1. The summed E-state index contributed by atoms with van der Waals surface area (Å²) < 4.78 is 11.2. The van der Waals surface area contributed by atoms with Gasteiger partial charge in [-0.1, -0.05) is 12.1 Å². The molecule has 0 N–H and O–H groups in total. The number of oxazole rings is 1. The van der Waals surface area contributed by atoms with Crippen molar-refractivity contribution < 1.29 is 13.9 Å². The topological polar surface area (TPSA) is 117 Å². The maximum atomic E-state index is 11.8. The number of aryl methyl sites for hydroxylation is 1. The average molecular weight is 290 g/mol. The van der Waals surface area contributed by atoms with Crippen LogP contribution in [0.1, 0.15) is 18.6 Å². The van der Waals surface area contributed by atoms with Crippen LogP contribution in [0.3, 0.4) is 0 Å². The Bertz CT molecular complexity index is 875. The van der Waals surface area contributed by atoms with Crippen molar-refractivity contribution >= 4 is 16.8 Å². The molecule has 0 unspecified atom stereocenters. The molecule has 0 saturated heterocycles. The van der Waals surface area contributed by atoms with Crippen LogP contribution in [-0.4, -0.2) is 19.6 Å². The fraction of sp³-hybridized carbons (Fsp3) is 0.250. The number of benzene rings is 1. The maximum Gasteiger partial charge on any atom is 0.420 e. The van der Waals surface area contributed by atoms with Crippen LogP contribution in [0, 0.1) is 10.1 Å². The molecule has 0 saturated carbocycles. The lowest BCUT2D eigenvalue weighted by Gasteiger charge is -1.97. The summed E-state index contributed by atoms with van der Waals surface area (Å²) in [4.78, 5) is 26.2. The predicted molar refractivity (Wildman–Crippen MR) is 69.9 cm³/mol. The molecule has 0 aliphatic carbocycles. The number of nitro benzene ring substituents is 1. The van der Waals surface area contributed by atoms with E-state index in [-0.39, 0.29) is 17.8 Å². The van der Waals surface area contributed by atoms with E-state index in [0.717, 1.165) is 0 Å². The molecule has 108 valence electrons. The van der Waals surface area contributed by atoms with Gasteiger partial charge in [-0.3, -0.25) is 14.7 Å². The van der Waals surface area contributed by atoms with Crippen LogP contribution in [0.4, 0.5) is 5.69 Å². The van der Waals surface area contributed by atoms with Gasteiger partial charge in [-0.2, -0.15) is 4.98 Å². The van der Waals surface area contributed by atoms with Gasteiger partial charge in [0.05, 0.1) is 17.0 Å². The third-order valence-corrected chi connectivity index (χ3v) is 2.97. The summed E-state index contributed by atoms with van der Waals surface area (Å²) in [6, 6.07) is 3.94. The molecular weight excluding hydrogens is 280 g/mol. The number of hydrogen-bond donors (Lipinski definition) is 0. The molecule has 3 rings (SSSR count). The van der Waals surface area contributed by atoms with Crippen molar-refractivity contribution in [3.63, 3.8) is 0 Å². The lowest BCUT2D eigenvalue weighted by atomic mass is 10.3. The normalized spacial score (nSPS) is 11.1. The van der Waals surface area contributed by atoms with E-state index in [1.54, 1.807) is 0 Å². The van der Waals surface area contributed by atoms with Crippen molar-refractivity contribution in [2.24, 2.45) is 0 Å². The first-order chi connectivity index (χ1) is 10.1. The van der Waals surface area contributed by atoms with Crippen LogP contribution >= 0.6 is 0 Å². The highest BCUT2D eigenvalue weighted by molar-refractivity contribution is 5.75. The highest BCUT2D eigenvalue weighted by Gasteiger charge is 2.16. The maximum absolute atomic E-state index is 11.8. The molecule has 9 heteroatoms. The van der Waals surface area contributed by atoms with E-state index in [4.69, 9.17) is 8.94 Å². The van der Waals surface area contributed by atoms with Crippen LogP contribution in [0.5, 0.6) is 0 Å². The summed E-state index contributed by atoms with van der Waals surface area (Å²) in [6.45, 7) is 1.89. The lowest BCUT2D eigenvalue weighted by Crippen LogP contribution is -2.15. The SMILES string of the molecule is CCc1nc(Cn2c(=O)oc3ccc([N+](=O)[O-])cc32)no1. The highest BCUT2D eigenvalue weighted by Crippen LogP contribution is 2.20. The first-order valence-corrected chi connectivity index (χ1v) is 6.17. The zero-order valence-corrected chi connectivity index (χ0v) is 11.0. The molecule has 0 spiro atoms. The Morgan fingerprint density at radius 1 is 1.43 bits per heavy atom. The first kappa shape index (κ1) is 13.0. The Hall–Kier alpha value is -2.97. The van der Waals surface area contributed by atoms with Crippen molar-refractivity contribution in [3.05, 3.63) is 50.6 Å². The molecule has 0 radical (unpaired) electrons. The van der Waals surface area contributed by atoms with Crippen LogP contribution in [0.2, 0.25) is 0 Å². The minimum absolute atomic E-state index is 0.0243. The summed E-state index contributed by atoms with van der Waals surface area (Å²) in [5, 5.41) is 14.6. The Balaban J connectivity index is 2.08. The predicted octanol–water partition coefficient (Wildman–Crippen LogP) is 1.50. The molecular formula is C12H10N4O5. The van der Waals surface area contributed by atoms with Crippen LogP contribution < -0.4 is 5.76 Å². The molecule has 1 aromatic carbocycles. The monoisotopic (exact) mass is 290 g/mol. The summed E-state index contributed by atoms with van der Waals surface area (Å²) in [6.07, 6.45) is 0.583. The van der Waals surface area contributed by atoms with Crippen molar-refractivity contribution in [1.82, 2.24) is 14.7 Å². The van der Waals surface area contributed by atoms with E-state index in [1.807, 2.05) is 6.92 Å². The third-order valence-electron chi connectivity index (χ3n) is 2.97. The molecule has 0 aliphatic heterocycles. The minimum atomic E-state index is -0.631. The number of nitrogens with zero attached hydrogens (tertiary/aromatic N) is 4. The van der Waals surface area contributed by atoms with E-state index < -0.39 is 10.7 Å². The average Bonchev–Trinajstić information content (AvgIpc) is 3.04. The number of rotatable bonds is 4. The van der Waals surface area contributed by atoms with Crippen molar-refractivity contribution in [3.8, 4) is 0 Å². The molecule has 0 bridgehead atoms. The van der Waals surface area contributed by atoms with Gasteiger partial charge < -0.3 is 8.94 Å². The Morgan fingerprint density at radius 2 is 2.24 bits per heavy atom. The zero-order valence-electron chi connectivity index (χ0n) is 11.0. The Morgan fingerprint density at radius 3 is 2.90 bits per heavy atom. The molecule has 0 aliphatic rings. The molecule has 2 aromatic heterocycles. The summed E-state index contributed by atoms with van der Waals surface area (Å²) >= 11 is 0. The number of non-ortho nitro benzene ring substituents is 1. The smallest absolute Gasteiger partial charge is 0.408 e. The van der Waals surface area contributed by atoms with E-state index in [2.05, 4.69) is 10.1 Å². The first-order valence-electron chi connectivity index (χ1n) is 6.17. The summed E-state index contributed by atoms with van der Waals surface area (Å²) in [5.41, 5.74) is 0.460. The number of aromatic nitrogens is 3. The van der Waals surface area contributed by atoms with Gasteiger partial charge in [0.2, 0.25) is 5.89 Å².